The van der Waals surface area contributed by atoms with Crippen LogP contribution in [0.15, 0.2) is 60.7 Å². The van der Waals surface area contributed by atoms with Gasteiger partial charge in [0.25, 0.3) is 5.91 Å². The maximum atomic E-state index is 13.2. The van der Waals surface area contributed by atoms with Crippen LogP contribution in [0, 0.1) is 0 Å². The Bertz CT molecular complexity index is 1550. The minimum atomic E-state index is -1.03. The van der Waals surface area contributed by atoms with Crippen molar-refractivity contribution in [2.45, 2.75) is 0 Å². The molecule has 3 N–H and O–H groups in total. The summed E-state index contributed by atoms with van der Waals surface area (Å²) in [6.45, 7) is 0.0714. The lowest BCUT2D eigenvalue weighted by atomic mass is 10.2. The lowest BCUT2D eigenvalue weighted by Crippen LogP contribution is -2.36. The summed E-state index contributed by atoms with van der Waals surface area (Å²) in [5.74, 6) is -1.24. The second-order valence-corrected chi connectivity index (χ2v) is 8.71. The topological polar surface area (TPSA) is 120 Å². The summed E-state index contributed by atoms with van der Waals surface area (Å²) >= 11 is 12.1. The normalized spacial score (nSPS) is 11.8. The van der Waals surface area contributed by atoms with E-state index in [1.807, 2.05) is 0 Å². The molecule has 10 nitrogen and oxygen atoms in total. The fourth-order valence-corrected chi connectivity index (χ4v) is 4.34. The first kappa shape index (κ1) is 24.3. The molecule has 0 atom stereocenters. The van der Waals surface area contributed by atoms with Crippen molar-refractivity contribution < 1.29 is 28.6 Å². The number of para-hydroxylation sites is 1. The van der Waals surface area contributed by atoms with Crippen molar-refractivity contribution in [1.82, 2.24) is 4.68 Å². The monoisotopic (exact) mass is 540 g/mol. The van der Waals surface area contributed by atoms with Crippen molar-refractivity contribution >= 4 is 63.2 Å². The lowest BCUT2D eigenvalue weighted by Gasteiger charge is -2.14. The van der Waals surface area contributed by atoms with Gasteiger partial charge in [0.1, 0.15) is 17.0 Å². The molecule has 1 aliphatic rings. The number of hydrogen-bond donors (Lipinski definition) is 3. The van der Waals surface area contributed by atoms with E-state index in [0.29, 0.717) is 49.6 Å². The Morgan fingerprint density at radius 3 is 2.38 bits per heavy atom. The Morgan fingerprint density at radius 1 is 0.865 bits per heavy atom. The number of anilines is 2. The van der Waals surface area contributed by atoms with Crippen molar-refractivity contribution in [1.29, 1.82) is 0 Å². The summed E-state index contributed by atoms with van der Waals surface area (Å²) < 4.78 is 17.2. The zero-order valence-corrected chi connectivity index (χ0v) is 20.6. The third-order valence-electron chi connectivity index (χ3n) is 5.41. The van der Waals surface area contributed by atoms with Gasteiger partial charge in [-0.05, 0) is 42.5 Å². The minimum Gasteiger partial charge on any atom is -0.494 e. The van der Waals surface area contributed by atoms with E-state index in [0.717, 1.165) is 0 Å². The minimum absolute atomic E-state index is 0.0276. The van der Waals surface area contributed by atoms with Gasteiger partial charge in [0.15, 0.2) is 11.5 Å². The molecule has 2 heterocycles. The second-order valence-electron chi connectivity index (χ2n) is 7.84. The van der Waals surface area contributed by atoms with Crippen molar-refractivity contribution in [2.75, 3.05) is 30.0 Å². The number of aromatic nitrogens is 1. The van der Waals surface area contributed by atoms with E-state index >= 15 is 0 Å². The zero-order chi connectivity index (χ0) is 26.1. The summed E-state index contributed by atoms with van der Waals surface area (Å²) in [5.41, 5.74) is 3.57. The quantitative estimate of drug-likeness (QED) is 0.317. The summed E-state index contributed by atoms with van der Waals surface area (Å²) in [6, 6.07) is 16.0. The number of nitrogens with one attached hydrogen (secondary N) is 3. The van der Waals surface area contributed by atoms with Crippen molar-refractivity contribution in [2.24, 2.45) is 0 Å². The van der Waals surface area contributed by atoms with E-state index in [1.165, 1.54) is 36.1 Å². The Labute approximate surface area is 220 Å². The maximum Gasteiger partial charge on any atom is 0.328 e. The van der Waals surface area contributed by atoms with Gasteiger partial charge >= 0.3 is 11.8 Å². The van der Waals surface area contributed by atoms with Gasteiger partial charge in [-0.25, -0.2) is 4.68 Å². The van der Waals surface area contributed by atoms with Crippen LogP contribution in [0.1, 0.15) is 10.5 Å². The highest BCUT2D eigenvalue weighted by atomic mass is 35.5. The molecule has 0 unspecified atom stereocenters. The fourth-order valence-electron chi connectivity index (χ4n) is 3.81. The van der Waals surface area contributed by atoms with Crippen LogP contribution in [0.25, 0.3) is 10.9 Å². The van der Waals surface area contributed by atoms with Crippen molar-refractivity contribution in [3.05, 3.63) is 76.4 Å². The maximum absolute atomic E-state index is 13.2. The molecule has 12 heteroatoms. The van der Waals surface area contributed by atoms with Crippen molar-refractivity contribution in [3.63, 3.8) is 0 Å². The van der Waals surface area contributed by atoms with Gasteiger partial charge in [-0.15, -0.1) is 0 Å². The van der Waals surface area contributed by atoms with E-state index < -0.39 is 17.7 Å². The van der Waals surface area contributed by atoms with Gasteiger partial charge in [0.05, 0.1) is 7.11 Å². The number of methoxy groups -OCH3 is 1. The van der Waals surface area contributed by atoms with E-state index in [2.05, 4.69) is 16.1 Å². The summed E-state index contributed by atoms with van der Waals surface area (Å²) in [6.07, 6.45) is 0. The van der Waals surface area contributed by atoms with Crippen LogP contribution in [0.5, 0.6) is 17.2 Å². The molecule has 0 fully saturated rings. The molecule has 0 spiro atoms. The van der Waals surface area contributed by atoms with Crippen LogP contribution < -0.4 is 30.3 Å². The molecule has 1 aromatic heterocycles. The van der Waals surface area contributed by atoms with Gasteiger partial charge in [-0.3, -0.25) is 19.8 Å². The average Bonchev–Trinajstić information content (AvgIpc) is 3.47. The van der Waals surface area contributed by atoms with Gasteiger partial charge in [-0.1, -0.05) is 35.3 Å². The van der Waals surface area contributed by atoms with E-state index in [4.69, 9.17) is 37.4 Å². The van der Waals surface area contributed by atoms with Gasteiger partial charge in [0.2, 0.25) is 6.79 Å². The molecule has 188 valence electrons. The predicted molar refractivity (Wildman–Crippen MR) is 138 cm³/mol. The number of hydrogen-bond acceptors (Lipinski definition) is 6. The number of fused-ring (bicyclic) bond motifs is 2. The van der Waals surface area contributed by atoms with Gasteiger partial charge < -0.3 is 24.8 Å². The number of benzene rings is 3. The molecule has 0 aliphatic carbocycles. The molecule has 3 amide bonds. The standard InChI is InChI=1S/C25H18Cl2N4O6/c1-35-20-4-2-3-13-7-18(23(32)29-17-9-14(26)8-15(27)10-17)31(22(13)20)30-25(34)24(33)28-16-5-6-19-21(11-16)37-12-36-19/h2-11H,12H2,1H3,(H,28,33)(H,29,32)(H,30,34). The number of carbonyl (C=O) groups is 3. The Morgan fingerprint density at radius 2 is 1.62 bits per heavy atom. The molecule has 4 aromatic rings. The molecule has 0 saturated carbocycles. The molecule has 3 aromatic carbocycles. The highest BCUT2D eigenvalue weighted by Crippen LogP contribution is 2.34. The average molecular weight is 541 g/mol. The summed E-state index contributed by atoms with van der Waals surface area (Å²) in [7, 11) is 1.45. The first-order valence-corrected chi connectivity index (χ1v) is 11.6. The molecule has 0 radical (unpaired) electrons. The van der Waals surface area contributed by atoms with Crippen molar-refractivity contribution in [3.8, 4) is 17.2 Å². The Kier molecular flexibility index (Phi) is 6.51. The molecule has 0 bridgehead atoms. The number of carbonyl (C=O) groups excluding carboxylic acids is 3. The van der Waals surface area contributed by atoms with Crippen LogP contribution in [-0.4, -0.2) is 36.3 Å². The first-order chi connectivity index (χ1) is 17.8. The van der Waals surface area contributed by atoms with Crippen LogP contribution in [0.2, 0.25) is 10.0 Å². The van der Waals surface area contributed by atoms with Gasteiger partial charge in [-0.2, -0.15) is 0 Å². The molecular weight excluding hydrogens is 523 g/mol. The Hall–Kier alpha value is -4.41. The summed E-state index contributed by atoms with van der Waals surface area (Å²) in [4.78, 5) is 38.9. The second kappa shape index (κ2) is 9.92. The molecule has 5 rings (SSSR count). The largest absolute Gasteiger partial charge is 0.494 e. The van der Waals surface area contributed by atoms with E-state index in [9.17, 15) is 14.4 Å². The molecule has 0 saturated heterocycles. The summed E-state index contributed by atoms with van der Waals surface area (Å²) in [5, 5.41) is 6.45. The smallest absolute Gasteiger partial charge is 0.328 e. The Balaban J connectivity index is 1.44. The number of ether oxygens (including phenoxy) is 3. The fraction of sp³-hybridized carbons (Fsp3) is 0.0800. The highest BCUT2D eigenvalue weighted by Gasteiger charge is 2.24. The lowest BCUT2D eigenvalue weighted by molar-refractivity contribution is -0.133. The predicted octanol–water partition coefficient (Wildman–Crippen LogP) is 4.65. The molecule has 37 heavy (non-hydrogen) atoms. The number of nitrogens with zero attached hydrogens (tertiary/aromatic N) is 1. The van der Waals surface area contributed by atoms with Crippen LogP contribution in [-0.2, 0) is 9.59 Å². The van der Waals surface area contributed by atoms with Gasteiger partial charge in [0, 0.05) is 32.9 Å². The zero-order valence-electron chi connectivity index (χ0n) is 19.1. The molecule has 1 aliphatic heterocycles. The van der Waals surface area contributed by atoms with E-state index in [-0.39, 0.29) is 12.5 Å². The van der Waals surface area contributed by atoms with Crippen LogP contribution >= 0.6 is 23.2 Å². The van der Waals surface area contributed by atoms with Crippen LogP contribution in [0.4, 0.5) is 11.4 Å². The van der Waals surface area contributed by atoms with Crippen LogP contribution in [0.3, 0.4) is 0 Å². The number of rotatable bonds is 5. The molecular formula is C25H18Cl2N4O6. The SMILES string of the molecule is COc1cccc2cc(C(=O)Nc3cc(Cl)cc(Cl)c3)n(NC(=O)C(=O)Nc3ccc4c(c3)OCO4)c12. The highest BCUT2D eigenvalue weighted by molar-refractivity contribution is 6.42. The third kappa shape index (κ3) is 4.97. The number of halogens is 2. The van der Waals surface area contributed by atoms with E-state index in [1.54, 1.807) is 36.4 Å². The third-order valence-corrected chi connectivity index (χ3v) is 5.85. The first-order valence-electron chi connectivity index (χ1n) is 10.8. The number of amides is 3.